The summed E-state index contributed by atoms with van der Waals surface area (Å²) in [5, 5.41) is 3.67. The summed E-state index contributed by atoms with van der Waals surface area (Å²) in [5.41, 5.74) is 0.823. The van der Waals surface area contributed by atoms with Crippen molar-refractivity contribution in [2.45, 2.75) is 6.10 Å². The second kappa shape index (κ2) is 8.56. The Hall–Kier alpha value is -2.04. The highest BCUT2D eigenvalue weighted by Crippen LogP contribution is 2.25. The molecular weight excluding hydrogens is 312 g/mol. The van der Waals surface area contributed by atoms with E-state index >= 15 is 0 Å². The van der Waals surface area contributed by atoms with Crippen molar-refractivity contribution in [3.05, 3.63) is 65.2 Å². The van der Waals surface area contributed by atoms with Crippen LogP contribution in [0.1, 0.15) is 11.7 Å². The van der Waals surface area contributed by atoms with Gasteiger partial charge in [-0.15, -0.1) is 0 Å². The molecular formula is C18H21ClN2O2. The molecule has 0 aliphatic carbocycles. The maximum Gasteiger partial charge on any atom is 0.268 e. The molecule has 1 unspecified atom stereocenters. The van der Waals surface area contributed by atoms with Crippen LogP contribution in [-0.2, 0) is 4.79 Å². The van der Waals surface area contributed by atoms with Crippen molar-refractivity contribution in [2.75, 3.05) is 27.2 Å². The summed E-state index contributed by atoms with van der Waals surface area (Å²) in [7, 11) is 3.64. The number of nitrogens with zero attached hydrogens (tertiary/aromatic N) is 1. The number of carbonyl (C=O) groups excluding carboxylic acids is 1. The van der Waals surface area contributed by atoms with Crippen LogP contribution >= 0.6 is 11.6 Å². The van der Waals surface area contributed by atoms with Crippen molar-refractivity contribution in [1.82, 2.24) is 10.2 Å². The van der Waals surface area contributed by atoms with E-state index in [-0.39, 0.29) is 5.91 Å². The molecule has 0 radical (unpaired) electrons. The summed E-state index contributed by atoms with van der Waals surface area (Å²) < 4.78 is 5.95. The third kappa shape index (κ3) is 4.98. The fourth-order valence-electron chi connectivity index (χ4n) is 2.13. The Morgan fingerprint density at radius 2 is 1.83 bits per heavy atom. The Bertz CT molecular complexity index is 617. The fraction of sp³-hybridized carbons (Fsp3) is 0.278. The number of ether oxygens (including phenoxy) is 1. The van der Waals surface area contributed by atoms with Gasteiger partial charge in [-0.2, -0.15) is 0 Å². The number of hydrogen-bond acceptors (Lipinski definition) is 3. The molecule has 0 bridgehead atoms. The Kier molecular flexibility index (Phi) is 6.44. The number of benzene rings is 2. The molecule has 2 aromatic rings. The number of nitrogens with one attached hydrogen (secondary N) is 1. The largest absolute Gasteiger partial charge is 0.476 e. The Balaban J connectivity index is 2.21. The summed E-state index contributed by atoms with van der Waals surface area (Å²) in [4.78, 5) is 14.4. The zero-order valence-electron chi connectivity index (χ0n) is 13.3. The lowest BCUT2D eigenvalue weighted by molar-refractivity contribution is -0.137. The van der Waals surface area contributed by atoms with Crippen molar-refractivity contribution in [1.29, 1.82) is 0 Å². The molecule has 2 rings (SSSR count). The molecule has 2 aromatic carbocycles. The minimum absolute atomic E-state index is 0.0820. The second-order valence-corrected chi connectivity index (χ2v) is 5.66. The van der Waals surface area contributed by atoms with Gasteiger partial charge in [-0.1, -0.05) is 41.9 Å². The lowest BCUT2D eigenvalue weighted by atomic mass is 10.1. The average molecular weight is 333 g/mol. The standard InChI is InChI=1S/C18H21ClN2O2/c1-20-12-13-21(2)18(22)17(14-6-4-3-5-7-14)23-16-10-8-15(19)9-11-16/h3-11,17,20H,12-13H2,1-2H3. The lowest BCUT2D eigenvalue weighted by Crippen LogP contribution is -2.38. The molecule has 0 aliphatic heterocycles. The smallest absolute Gasteiger partial charge is 0.268 e. The predicted molar refractivity (Wildman–Crippen MR) is 92.8 cm³/mol. The van der Waals surface area contributed by atoms with Gasteiger partial charge in [0.1, 0.15) is 5.75 Å². The number of rotatable bonds is 7. The van der Waals surface area contributed by atoms with E-state index in [2.05, 4.69) is 5.32 Å². The first kappa shape index (κ1) is 17.3. The van der Waals surface area contributed by atoms with Gasteiger partial charge in [-0.05, 0) is 31.3 Å². The van der Waals surface area contributed by atoms with E-state index in [1.807, 2.05) is 37.4 Å². The molecule has 0 aliphatic rings. The summed E-state index contributed by atoms with van der Waals surface area (Å²) in [6, 6.07) is 16.5. The van der Waals surface area contributed by atoms with Gasteiger partial charge < -0.3 is 15.0 Å². The molecule has 5 heteroatoms. The molecule has 0 heterocycles. The normalized spacial score (nSPS) is 11.8. The Morgan fingerprint density at radius 1 is 1.17 bits per heavy atom. The van der Waals surface area contributed by atoms with Crippen LogP contribution in [0.2, 0.25) is 5.02 Å². The van der Waals surface area contributed by atoms with E-state index in [9.17, 15) is 4.79 Å². The predicted octanol–water partition coefficient (Wildman–Crippen LogP) is 3.14. The monoisotopic (exact) mass is 332 g/mol. The fourth-order valence-corrected chi connectivity index (χ4v) is 2.25. The van der Waals surface area contributed by atoms with Gasteiger partial charge in [-0.25, -0.2) is 0 Å². The number of amides is 1. The van der Waals surface area contributed by atoms with E-state index in [4.69, 9.17) is 16.3 Å². The zero-order chi connectivity index (χ0) is 16.7. The molecule has 1 atom stereocenters. The Labute approximate surface area is 142 Å². The van der Waals surface area contributed by atoms with Crippen molar-refractivity contribution >= 4 is 17.5 Å². The molecule has 1 N–H and O–H groups in total. The molecule has 1 amide bonds. The van der Waals surface area contributed by atoms with Crippen LogP contribution in [0.25, 0.3) is 0 Å². The number of likely N-dealkylation sites (N-methyl/N-ethyl adjacent to an activating group) is 2. The van der Waals surface area contributed by atoms with Crippen LogP contribution in [0.3, 0.4) is 0 Å². The second-order valence-electron chi connectivity index (χ2n) is 5.23. The minimum atomic E-state index is -0.681. The topological polar surface area (TPSA) is 41.6 Å². The van der Waals surface area contributed by atoms with Crippen LogP contribution in [0.4, 0.5) is 0 Å². The highest BCUT2D eigenvalue weighted by Gasteiger charge is 2.25. The summed E-state index contributed by atoms with van der Waals surface area (Å²) in [5.74, 6) is 0.528. The van der Waals surface area contributed by atoms with Crippen molar-refractivity contribution in [3.63, 3.8) is 0 Å². The highest BCUT2D eigenvalue weighted by molar-refractivity contribution is 6.30. The van der Waals surface area contributed by atoms with Gasteiger partial charge in [-0.3, -0.25) is 4.79 Å². The quantitative estimate of drug-likeness (QED) is 0.847. The molecule has 0 aromatic heterocycles. The zero-order valence-corrected chi connectivity index (χ0v) is 14.1. The molecule has 122 valence electrons. The summed E-state index contributed by atoms with van der Waals surface area (Å²) in [6.07, 6.45) is -0.681. The van der Waals surface area contributed by atoms with E-state index in [0.717, 1.165) is 12.1 Å². The SMILES string of the molecule is CNCCN(C)C(=O)C(Oc1ccc(Cl)cc1)c1ccccc1. The Morgan fingerprint density at radius 3 is 2.43 bits per heavy atom. The first-order chi connectivity index (χ1) is 11.1. The van der Waals surface area contributed by atoms with Gasteiger partial charge in [0, 0.05) is 30.7 Å². The first-order valence-corrected chi connectivity index (χ1v) is 7.86. The molecule has 23 heavy (non-hydrogen) atoms. The third-order valence-electron chi connectivity index (χ3n) is 3.47. The van der Waals surface area contributed by atoms with Gasteiger partial charge in [0.05, 0.1) is 0 Å². The van der Waals surface area contributed by atoms with Gasteiger partial charge in [0.15, 0.2) is 0 Å². The maximum absolute atomic E-state index is 12.8. The first-order valence-electron chi connectivity index (χ1n) is 7.48. The number of halogens is 1. The molecule has 0 spiro atoms. The van der Waals surface area contributed by atoms with Crippen molar-refractivity contribution < 1.29 is 9.53 Å². The van der Waals surface area contributed by atoms with Gasteiger partial charge in [0.2, 0.25) is 6.10 Å². The van der Waals surface area contributed by atoms with Gasteiger partial charge in [0.25, 0.3) is 5.91 Å². The average Bonchev–Trinajstić information content (AvgIpc) is 2.59. The molecule has 0 saturated heterocycles. The van der Waals surface area contributed by atoms with Gasteiger partial charge >= 0.3 is 0 Å². The molecule has 0 fully saturated rings. The third-order valence-corrected chi connectivity index (χ3v) is 3.72. The van der Waals surface area contributed by atoms with Crippen LogP contribution in [0.5, 0.6) is 5.75 Å². The maximum atomic E-state index is 12.8. The van der Waals surface area contributed by atoms with Crippen LogP contribution in [0.15, 0.2) is 54.6 Å². The van der Waals surface area contributed by atoms with E-state index in [0.29, 0.717) is 17.3 Å². The minimum Gasteiger partial charge on any atom is -0.476 e. The lowest BCUT2D eigenvalue weighted by Gasteiger charge is -2.25. The van der Waals surface area contributed by atoms with Crippen molar-refractivity contribution in [3.8, 4) is 5.75 Å². The van der Waals surface area contributed by atoms with Crippen molar-refractivity contribution in [2.24, 2.45) is 0 Å². The summed E-state index contributed by atoms with van der Waals surface area (Å²) in [6.45, 7) is 1.34. The van der Waals surface area contributed by atoms with E-state index in [1.54, 1.807) is 36.2 Å². The number of carbonyl (C=O) groups is 1. The molecule has 0 saturated carbocycles. The van der Waals surface area contributed by atoms with Crippen LogP contribution in [0, 0.1) is 0 Å². The van der Waals surface area contributed by atoms with Crippen LogP contribution < -0.4 is 10.1 Å². The highest BCUT2D eigenvalue weighted by atomic mass is 35.5. The van der Waals surface area contributed by atoms with Crippen LogP contribution in [-0.4, -0.2) is 38.0 Å². The molecule has 4 nitrogen and oxygen atoms in total. The number of hydrogen-bond donors (Lipinski definition) is 1. The summed E-state index contributed by atoms with van der Waals surface area (Å²) >= 11 is 5.90. The van der Waals surface area contributed by atoms with E-state index < -0.39 is 6.10 Å². The van der Waals surface area contributed by atoms with E-state index in [1.165, 1.54) is 0 Å².